The SMILES string of the molecule is Cc1ccc(F)cc1C(=O)N[C@H]1CCNC1. The zero-order chi connectivity index (χ0) is 11.5. The third-order valence-corrected chi connectivity index (χ3v) is 2.84. The topological polar surface area (TPSA) is 41.1 Å². The molecule has 0 aliphatic carbocycles. The van der Waals surface area contributed by atoms with Crippen LogP contribution in [0.4, 0.5) is 4.39 Å². The Hall–Kier alpha value is -1.42. The van der Waals surface area contributed by atoms with Gasteiger partial charge in [0.2, 0.25) is 0 Å². The molecule has 0 aromatic heterocycles. The van der Waals surface area contributed by atoms with Crippen molar-refractivity contribution in [2.45, 2.75) is 19.4 Å². The van der Waals surface area contributed by atoms with Crippen molar-refractivity contribution >= 4 is 5.91 Å². The molecular formula is C12H15FN2O. The van der Waals surface area contributed by atoms with Crippen molar-refractivity contribution in [3.8, 4) is 0 Å². The largest absolute Gasteiger partial charge is 0.348 e. The summed E-state index contributed by atoms with van der Waals surface area (Å²) in [5.41, 5.74) is 1.22. The van der Waals surface area contributed by atoms with Gasteiger partial charge in [-0.15, -0.1) is 0 Å². The van der Waals surface area contributed by atoms with Crippen molar-refractivity contribution in [2.75, 3.05) is 13.1 Å². The first-order valence-electron chi connectivity index (χ1n) is 5.44. The van der Waals surface area contributed by atoms with Gasteiger partial charge in [0, 0.05) is 18.2 Å². The van der Waals surface area contributed by atoms with Gasteiger partial charge in [0.1, 0.15) is 5.82 Å². The van der Waals surface area contributed by atoms with Crippen LogP contribution in [0.5, 0.6) is 0 Å². The molecule has 1 fully saturated rings. The Morgan fingerprint density at radius 1 is 1.56 bits per heavy atom. The highest BCUT2D eigenvalue weighted by Gasteiger charge is 2.18. The van der Waals surface area contributed by atoms with E-state index in [1.165, 1.54) is 12.1 Å². The summed E-state index contributed by atoms with van der Waals surface area (Å²) in [5.74, 6) is -0.564. The quantitative estimate of drug-likeness (QED) is 0.790. The van der Waals surface area contributed by atoms with E-state index in [-0.39, 0.29) is 17.8 Å². The molecule has 1 amide bonds. The number of carbonyl (C=O) groups is 1. The predicted octanol–water partition coefficient (Wildman–Crippen LogP) is 1.23. The number of halogens is 1. The van der Waals surface area contributed by atoms with Crippen LogP contribution >= 0.6 is 0 Å². The van der Waals surface area contributed by atoms with E-state index in [4.69, 9.17) is 0 Å². The van der Waals surface area contributed by atoms with Crippen LogP contribution < -0.4 is 10.6 Å². The van der Waals surface area contributed by atoms with Crippen LogP contribution in [-0.4, -0.2) is 25.0 Å². The molecule has 0 unspecified atom stereocenters. The first-order chi connectivity index (χ1) is 7.66. The Kier molecular flexibility index (Phi) is 3.19. The number of carbonyl (C=O) groups excluding carboxylic acids is 1. The molecule has 1 aliphatic rings. The molecule has 1 aromatic rings. The van der Waals surface area contributed by atoms with Crippen LogP contribution in [-0.2, 0) is 0 Å². The predicted molar refractivity (Wildman–Crippen MR) is 59.9 cm³/mol. The lowest BCUT2D eigenvalue weighted by atomic mass is 10.1. The second-order valence-corrected chi connectivity index (χ2v) is 4.12. The molecule has 1 atom stereocenters. The van der Waals surface area contributed by atoms with E-state index in [0.29, 0.717) is 5.56 Å². The van der Waals surface area contributed by atoms with Crippen LogP contribution in [0.15, 0.2) is 18.2 Å². The second-order valence-electron chi connectivity index (χ2n) is 4.12. The van der Waals surface area contributed by atoms with Crippen molar-refractivity contribution < 1.29 is 9.18 Å². The van der Waals surface area contributed by atoms with E-state index in [9.17, 15) is 9.18 Å². The minimum atomic E-state index is -0.375. The summed E-state index contributed by atoms with van der Waals surface area (Å²) in [6.45, 7) is 3.52. The van der Waals surface area contributed by atoms with Gasteiger partial charge in [0.05, 0.1) is 0 Å². The highest BCUT2D eigenvalue weighted by Crippen LogP contribution is 2.11. The normalized spacial score (nSPS) is 19.8. The molecule has 2 rings (SSSR count). The molecule has 2 N–H and O–H groups in total. The standard InChI is InChI=1S/C12H15FN2O/c1-8-2-3-9(13)6-11(8)12(16)15-10-4-5-14-7-10/h2-3,6,10,14H,4-5,7H2,1H3,(H,15,16)/t10-/m0/s1. The van der Waals surface area contributed by atoms with E-state index < -0.39 is 0 Å². The third kappa shape index (κ3) is 2.39. The Bertz CT molecular complexity index is 400. The number of nitrogens with one attached hydrogen (secondary N) is 2. The van der Waals surface area contributed by atoms with Crippen LogP contribution in [0, 0.1) is 12.7 Å². The van der Waals surface area contributed by atoms with Crippen molar-refractivity contribution in [1.82, 2.24) is 10.6 Å². The fourth-order valence-corrected chi connectivity index (χ4v) is 1.88. The smallest absolute Gasteiger partial charge is 0.251 e. The summed E-state index contributed by atoms with van der Waals surface area (Å²) in [4.78, 5) is 11.9. The van der Waals surface area contributed by atoms with Gasteiger partial charge in [-0.3, -0.25) is 4.79 Å². The molecule has 4 heteroatoms. The highest BCUT2D eigenvalue weighted by molar-refractivity contribution is 5.95. The summed E-state index contributed by atoms with van der Waals surface area (Å²) in [5, 5.41) is 6.06. The second kappa shape index (κ2) is 4.61. The summed E-state index contributed by atoms with van der Waals surface area (Å²) < 4.78 is 13.0. The lowest BCUT2D eigenvalue weighted by Gasteiger charge is -2.12. The summed E-state index contributed by atoms with van der Waals surface area (Å²) in [6, 6.07) is 4.43. The molecule has 0 radical (unpaired) electrons. The summed E-state index contributed by atoms with van der Waals surface area (Å²) in [7, 11) is 0. The Labute approximate surface area is 94.0 Å². The zero-order valence-electron chi connectivity index (χ0n) is 9.22. The summed E-state index contributed by atoms with van der Waals surface area (Å²) >= 11 is 0. The highest BCUT2D eigenvalue weighted by atomic mass is 19.1. The fraction of sp³-hybridized carbons (Fsp3) is 0.417. The third-order valence-electron chi connectivity index (χ3n) is 2.84. The van der Waals surface area contributed by atoms with Crippen LogP contribution in [0.25, 0.3) is 0 Å². The van der Waals surface area contributed by atoms with E-state index in [1.807, 2.05) is 0 Å². The van der Waals surface area contributed by atoms with Gasteiger partial charge in [-0.25, -0.2) is 4.39 Å². The molecule has 0 saturated carbocycles. The van der Waals surface area contributed by atoms with E-state index in [0.717, 1.165) is 25.1 Å². The monoisotopic (exact) mass is 222 g/mol. The maximum absolute atomic E-state index is 13.0. The molecule has 3 nitrogen and oxygen atoms in total. The number of benzene rings is 1. The number of hydrogen-bond donors (Lipinski definition) is 2. The van der Waals surface area contributed by atoms with Crippen LogP contribution in [0.1, 0.15) is 22.3 Å². The molecule has 16 heavy (non-hydrogen) atoms. The van der Waals surface area contributed by atoms with E-state index in [2.05, 4.69) is 10.6 Å². The van der Waals surface area contributed by atoms with Crippen LogP contribution in [0.2, 0.25) is 0 Å². The van der Waals surface area contributed by atoms with Gasteiger partial charge < -0.3 is 10.6 Å². The molecular weight excluding hydrogens is 207 g/mol. The number of hydrogen-bond acceptors (Lipinski definition) is 2. The maximum Gasteiger partial charge on any atom is 0.251 e. The first-order valence-corrected chi connectivity index (χ1v) is 5.44. The maximum atomic E-state index is 13.0. The zero-order valence-corrected chi connectivity index (χ0v) is 9.22. The van der Waals surface area contributed by atoms with E-state index in [1.54, 1.807) is 13.0 Å². The Balaban J connectivity index is 2.10. The molecule has 0 bridgehead atoms. The average molecular weight is 222 g/mol. The molecule has 1 heterocycles. The number of aryl methyl sites for hydroxylation is 1. The van der Waals surface area contributed by atoms with Gasteiger partial charge in [0.15, 0.2) is 0 Å². The van der Waals surface area contributed by atoms with Gasteiger partial charge in [-0.05, 0) is 37.6 Å². The number of rotatable bonds is 2. The molecule has 0 spiro atoms. The molecule has 1 aromatic carbocycles. The average Bonchev–Trinajstić information content (AvgIpc) is 2.74. The van der Waals surface area contributed by atoms with E-state index >= 15 is 0 Å². The Morgan fingerprint density at radius 3 is 3.06 bits per heavy atom. The van der Waals surface area contributed by atoms with Gasteiger partial charge in [-0.2, -0.15) is 0 Å². The minimum absolute atomic E-state index is 0.162. The van der Waals surface area contributed by atoms with Gasteiger partial charge in [-0.1, -0.05) is 6.07 Å². The van der Waals surface area contributed by atoms with Gasteiger partial charge in [0.25, 0.3) is 5.91 Å². The lowest BCUT2D eigenvalue weighted by molar-refractivity contribution is 0.0939. The van der Waals surface area contributed by atoms with Crippen molar-refractivity contribution in [3.63, 3.8) is 0 Å². The lowest BCUT2D eigenvalue weighted by Crippen LogP contribution is -2.36. The summed E-state index contributed by atoms with van der Waals surface area (Å²) in [6.07, 6.45) is 0.931. The number of amides is 1. The first kappa shape index (κ1) is 11.1. The fourth-order valence-electron chi connectivity index (χ4n) is 1.88. The van der Waals surface area contributed by atoms with Crippen molar-refractivity contribution in [3.05, 3.63) is 35.1 Å². The molecule has 86 valence electrons. The molecule has 1 saturated heterocycles. The van der Waals surface area contributed by atoms with Gasteiger partial charge >= 0.3 is 0 Å². The molecule has 1 aliphatic heterocycles. The Morgan fingerprint density at radius 2 is 2.38 bits per heavy atom. The van der Waals surface area contributed by atoms with Crippen LogP contribution in [0.3, 0.4) is 0 Å². The minimum Gasteiger partial charge on any atom is -0.348 e. The van der Waals surface area contributed by atoms with Crippen molar-refractivity contribution in [2.24, 2.45) is 0 Å². The van der Waals surface area contributed by atoms with Crippen molar-refractivity contribution in [1.29, 1.82) is 0 Å².